The van der Waals surface area contributed by atoms with Crippen molar-refractivity contribution in [2.45, 2.75) is 39.2 Å². The number of alkyl carbamates (subject to hydrolysis) is 1. The third-order valence-electron chi connectivity index (χ3n) is 3.28. The molecule has 0 aliphatic carbocycles. The van der Waals surface area contributed by atoms with Crippen LogP contribution in [0.2, 0.25) is 0 Å². The summed E-state index contributed by atoms with van der Waals surface area (Å²) >= 11 is 0. The van der Waals surface area contributed by atoms with Crippen LogP contribution in [0.4, 0.5) is 21.9 Å². The highest BCUT2D eigenvalue weighted by Crippen LogP contribution is 2.30. The van der Waals surface area contributed by atoms with Crippen LogP contribution in [-0.4, -0.2) is 30.7 Å². The topological polar surface area (TPSA) is 105 Å². The second-order valence-corrected chi connectivity index (χ2v) is 6.50. The smallest absolute Gasteiger partial charge is 0.407 e. The van der Waals surface area contributed by atoms with Gasteiger partial charge in [0.25, 0.3) is 0 Å². The third kappa shape index (κ3) is 5.05. The molecule has 5 N–H and O–H groups in total. The Morgan fingerprint density at radius 2 is 2.04 bits per heavy atom. The van der Waals surface area contributed by atoms with E-state index in [2.05, 4.69) is 16.0 Å². The number of fused-ring (bicyclic) bond motifs is 1. The van der Waals surface area contributed by atoms with Crippen LogP contribution < -0.4 is 21.7 Å². The summed E-state index contributed by atoms with van der Waals surface area (Å²) < 4.78 is 5.16. The highest BCUT2D eigenvalue weighted by molar-refractivity contribution is 5.95. The van der Waals surface area contributed by atoms with Crippen molar-refractivity contribution in [2.75, 3.05) is 29.5 Å². The first-order chi connectivity index (χ1) is 10.7. The Morgan fingerprint density at radius 3 is 2.74 bits per heavy atom. The molecule has 1 aliphatic heterocycles. The Hall–Kier alpha value is -2.44. The summed E-state index contributed by atoms with van der Waals surface area (Å²) in [4.78, 5) is 22.9. The molecule has 0 bridgehead atoms. The van der Waals surface area contributed by atoms with E-state index in [-0.39, 0.29) is 5.91 Å². The molecule has 0 atom stereocenters. The van der Waals surface area contributed by atoms with Gasteiger partial charge in [-0.2, -0.15) is 0 Å². The fourth-order valence-corrected chi connectivity index (χ4v) is 2.27. The van der Waals surface area contributed by atoms with Crippen molar-refractivity contribution >= 4 is 29.1 Å². The Balaban J connectivity index is 1.85. The minimum absolute atomic E-state index is 0.0131. The van der Waals surface area contributed by atoms with Gasteiger partial charge in [0, 0.05) is 25.2 Å². The molecule has 1 aliphatic rings. The number of anilines is 3. The Labute approximate surface area is 136 Å². The largest absolute Gasteiger partial charge is 0.444 e. The van der Waals surface area contributed by atoms with E-state index in [1.807, 2.05) is 26.8 Å². The predicted molar refractivity (Wildman–Crippen MR) is 90.5 cm³/mol. The average Bonchev–Trinajstić information content (AvgIpc) is 2.42. The molecule has 1 aromatic carbocycles. The highest BCUT2D eigenvalue weighted by atomic mass is 16.6. The van der Waals surface area contributed by atoms with E-state index in [0.29, 0.717) is 31.6 Å². The summed E-state index contributed by atoms with van der Waals surface area (Å²) in [5.74, 6) is 0.0131. The summed E-state index contributed by atoms with van der Waals surface area (Å²) in [5.41, 5.74) is 8.67. The van der Waals surface area contributed by atoms with Gasteiger partial charge in [0.2, 0.25) is 5.91 Å². The van der Waals surface area contributed by atoms with Crippen LogP contribution in [0, 0.1) is 0 Å². The van der Waals surface area contributed by atoms with Crippen LogP contribution in [0.5, 0.6) is 0 Å². The Bertz CT molecular complexity index is 608. The molecule has 2 rings (SSSR count). The van der Waals surface area contributed by atoms with Crippen molar-refractivity contribution < 1.29 is 14.3 Å². The standard InChI is InChI=1S/C16H24N4O3/c1-16(2,3)23-15(22)19-7-6-18-13-8-10-4-5-14(21)20-12(10)9-11(13)17/h8-9,18H,4-7,17H2,1-3H3,(H,19,22)(H,20,21). The maximum absolute atomic E-state index is 11.5. The van der Waals surface area contributed by atoms with Crippen LogP contribution in [0.25, 0.3) is 0 Å². The van der Waals surface area contributed by atoms with Gasteiger partial charge in [0.1, 0.15) is 5.60 Å². The zero-order valence-corrected chi connectivity index (χ0v) is 13.8. The van der Waals surface area contributed by atoms with Gasteiger partial charge in [-0.15, -0.1) is 0 Å². The first-order valence-corrected chi connectivity index (χ1v) is 7.67. The van der Waals surface area contributed by atoms with E-state index in [0.717, 1.165) is 16.9 Å². The molecule has 0 spiro atoms. The fourth-order valence-electron chi connectivity index (χ4n) is 2.27. The van der Waals surface area contributed by atoms with Crippen molar-refractivity contribution in [1.29, 1.82) is 0 Å². The van der Waals surface area contributed by atoms with Crippen molar-refractivity contribution in [3.63, 3.8) is 0 Å². The number of amides is 2. The zero-order valence-electron chi connectivity index (χ0n) is 13.8. The molecule has 1 aromatic rings. The monoisotopic (exact) mass is 320 g/mol. The van der Waals surface area contributed by atoms with Gasteiger partial charge in [-0.1, -0.05) is 0 Å². The minimum Gasteiger partial charge on any atom is -0.444 e. The zero-order chi connectivity index (χ0) is 17.0. The first kappa shape index (κ1) is 16.9. The summed E-state index contributed by atoms with van der Waals surface area (Å²) in [6.07, 6.45) is 0.739. The summed E-state index contributed by atoms with van der Waals surface area (Å²) in [6, 6.07) is 3.70. The molecule has 2 amide bonds. The lowest BCUT2D eigenvalue weighted by Crippen LogP contribution is -2.35. The number of carbonyl (C=O) groups excluding carboxylic acids is 2. The number of nitrogens with one attached hydrogen (secondary N) is 3. The Morgan fingerprint density at radius 1 is 1.30 bits per heavy atom. The van der Waals surface area contributed by atoms with Crippen molar-refractivity contribution in [3.05, 3.63) is 17.7 Å². The molecule has 0 saturated carbocycles. The highest BCUT2D eigenvalue weighted by Gasteiger charge is 2.17. The molecule has 23 heavy (non-hydrogen) atoms. The lowest BCUT2D eigenvalue weighted by Gasteiger charge is -2.21. The lowest BCUT2D eigenvalue weighted by molar-refractivity contribution is -0.116. The predicted octanol–water partition coefficient (Wildman–Crippen LogP) is 2.09. The molecule has 1 heterocycles. The molecule has 7 heteroatoms. The van der Waals surface area contributed by atoms with E-state index >= 15 is 0 Å². The van der Waals surface area contributed by atoms with Gasteiger partial charge >= 0.3 is 6.09 Å². The first-order valence-electron chi connectivity index (χ1n) is 7.67. The fraction of sp³-hybridized carbons (Fsp3) is 0.500. The molecule has 0 saturated heterocycles. The minimum atomic E-state index is -0.509. The van der Waals surface area contributed by atoms with Gasteiger partial charge in [-0.25, -0.2) is 4.79 Å². The van der Waals surface area contributed by atoms with Gasteiger partial charge in [-0.3, -0.25) is 4.79 Å². The van der Waals surface area contributed by atoms with Crippen molar-refractivity contribution in [2.24, 2.45) is 0 Å². The number of carbonyl (C=O) groups is 2. The van der Waals surface area contributed by atoms with E-state index < -0.39 is 11.7 Å². The van der Waals surface area contributed by atoms with E-state index in [1.165, 1.54) is 0 Å². The maximum Gasteiger partial charge on any atom is 0.407 e. The summed E-state index contributed by atoms with van der Waals surface area (Å²) in [5, 5.41) is 8.67. The maximum atomic E-state index is 11.5. The van der Waals surface area contributed by atoms with Crippen molar-refractivity contribution in [3.8, 4) is 0 Å². The molecule has 126 valence electrons. The molecular formula is C16H24N4O3. The van der Waals surface area contributed by atoms with E-state index in [4.69, 9.17) is 10.5 Å². The number of nitrogen functional groups attached to an aromatic ring is 1. The third-order valence-corrected chi connectivity index (χ3v) is 3.28. The van der Waals surface area contributed by atoms with E-state index in [9.17, 15) is 9.59 Å². The number of hydrogen-bond donors (Lipinski definition) is 4. The SMILES string of the molecule is CC(C)(C)OC(=O)NCCNc1cc2c(cc1N)NC(=O)CC2. The van der Waals surface area contributed by atoms with Gasteiger partial charge < -0.3 is 26.4 Å². The van der Waals surface area contributed by atoms with Crippen LogP contribution >= 0.6 is 0 Å². The summed E-state index contributed by atoms with van der Waals surface area (Å²) in [6.45, 7) is 6.39. The van der Waals surface area contributed by atoms with E-state index in [1.54, 1.807) is 6.07 Å². The van der Waals surface area contributed by atoms with Crippen LogP contribution in [-0.2, 0) is 16.0 Å². The summed E-state index contributed by atoms with van der Waals surface area (Å²) in [7, 11) is 0. The second-order valence-electron chi connectivity index (χ2n) is 6.50. The van der Waals surface area contributed by atoms with Gasteiger partial charge in [0.05, 0.1) is 11.4 Å². The molecule has 0 aromatic heterocycles. The van der Waals surface area contributed by atoms with Gasteiger partial charge in [-0.05, 0) is 44.9 Å². The molecule has 7 nitrogen and oxygen atoms in total. The second kappa shape index (κ2) is 6.76. The van der Waals surface area contributed by atoms with Crippen LogP contribution in [0.3, 0.4) is 0 Å². The molecular weight excluding hydrogens is 296 g/mol. The number of aryl methyl sites for hydroxylation is 1. The number of rotatable bonds is 4. The molecule has 0 fully saturated rings. The quantitative estimate of drug-likeness (QED) is 0.502. The average molecular weight is 320 g/mol. The number of nitrogens with two attached hydrogens (primary N) is 1. The number of benzene rings is 1. The molecule has 0 radical (unpaired) electrons. The Kier molecular flexibility index (Phi) is 4.98. The van der Waals surface area contributed by atoms with Crippen molar-refractivity contribution in [1.82, 2.24) is 5.32 Å². The number of hydrogen-bond acceptors (Lipinski definition) is 5. The number of ether oxygens (including phenoxy) is 1. The normalized spacial score (nSPS) is 13.8. The van der Waals surface area contributed by atoms with Crippen LogP contribution in [0.1, 0.15) is 32.8 Å². The lowest BCUT2D eigenvalue weighted by atomic mass is 10.0. The van der Waals surface area contributed by atoms with Crippen LogP contribution in [0.15, 0.2) is 12.1 Å². The molecule has 0 unspecified atom stereocenters. The van der Waals surface area contributed by atoms with Gasteiger partial charge in [0.15, 0.2) is 0 Å².